The first-order valence-corrected chi connectivity index (χ1v) is 9.77. The number of carbonyl (C=O) groups excluding carboxylic acids is 1. The molecular weight excluding hydrogens is 308 g/mol. The number of piperidine rings is 1. The molecule has 0 bridgehead atoms. The third-order valence-electron chi connectivity index (χ3n) is 4.41. The fraction of sp³-hybridized carbons (Fsp3) is 0.647. The molecule has 2 N–H and O–H groups in total. The summed E-state index contributed by atoms with van der Waals surface area (Å²) >= 11 is 1.81. The van der Waals surface area contributed by atoms with Crippen LogP contribution in [0.2, 0.25) is 0 Å². The van der Waals surface area contributed by atoms with Crippen molar-refractivity contribution in [2.45, 2.75) is 38.3 Å². The Bertz CT molecular complexity index is 463. The molecule has 5 nitrogen and oxygen atoms in total. The molecule has 1 aromatic rings. The summed E-state index contributed by atoms with van der Waals surface area (Å²) in [5.74, 6) is 1.09. The average Bonchev–Trinajstić information content (AvgIpc) is 2.59. The lowest BCUT2D eigenvalue weighted by Crippen LogP contribution is -2.48. The molecular formula is C17H28N4OS. The highest BCUT2D eigenvalue weighted by molar-refractivity contribution is 7.98. The van der Waals surface area contributed by atoms with Gasteiger partial charge >= 0.3 is 6.03 Å². The molecule has 0 radical (unpaired) electrons. The van der Waals surface area contributed by atoms with Crippen molar-refractivity contribution in [3.63, 3.8) is 0 Å². The van der Waals surface area contributed by atoms with Crippen LogP contribution >= 0.6 is 11.8 Å². The van der Waals surface area contributed by atoms with Crippen LogP contribution in [0.5, 0.6) is 0 Å². The second kappa shape index (κ2) is 9.78. The van der Waals surface area contributed by atoms with Crippen LogP contribution in [-0.4, -0.2) is 53.6 Å². The van der Waals surface area contributed by atoms with Gasteiger partial charge in [-0.15, -0.1) is 0 Å². The highest BCUT2D eigenvalue weighted by Gasteiger charge is 2.24. The third-order valence-corrected chi connectivity index (χ3v) is 5.11. The second-order valence-corrected chi connectivity index (χ2v) is 7.00. The van der Waals surface area contributed by atoms with Crippen LogP contribution in [0.25, 0.3) is 0 Å². The maximum Gasteiger partial charge on any atom is 0.315 e. The summed E-state index contributed by atoms with van der Waals surface area (Å²) in [5.41, 5.74) is 1.30. The lowest BCUT2D eigenvalue weighted by Gasteiger charge is -2.36. The quantitative estimate of drug-likeness (QED) is 0.752. The molecule has 0 aliphatic carbocycles. The Morgan fingerprint density at radius 2 is 2.09 bits per heavy atom. The van der Waals surface area contributed by atoms with Gasteiger partial charge in [0.1, 0.15) is 0 Å². The number of nitrogens with zero attached hydrogens (tertiary/aromatic N) is 2. The maximum absolute atomic E-state index is 11.9. The maximum atomic E-state index is 11.9. The number of urea groups is 1. The highest BCUT2D eigenvalue weighted by Crippen LogP contribution is 2.23. The monoisotopic (exact) mass is 336 g/mol. The van der Waals surface area contributed by atoms with Crippen LogP contribution < -0.4 is 10.6 Å². The molecule has 1 saturated heterocycles. The number of thioether (sulfide) groups is 1. The van der Waals surface area contributed by atoms with Gasteiger partial charge in [0.25, 0.3) is 0 Å². The summed E-state index contributed by atoms with van der Waals surface area (Å²) in [6.07, 6.45) is 8.82. The number of likely N-dealkylation sites (tertiary alicyclic amines) is 1. The van der Waals surface area contributed by atoms with Crippen LogP contribution in [0, 0.1) is 0 Å². The predicted molar refractivity (Wildman–Crippen MR) is 96.8 cm³/mol. The number of rotatable bonds is 7. The number of aromatic nitrogens is 1. The first-order valence-electron chi connectivity index (χ1n) is 8.38. The van der Waals surface area contributed by atoms with Gasteiger partial charge in [-0.1, -0.05) is 0 Å². The Labute approximate surface area is 143 Å². The number of amides is 2. The third kappa shape index (κ3) is 6.03. The van der Waals surface area contributed by atoms with Gasteiger partial charge in [0.15, 0.2) is 0 Å². The van der Waals surface area contributed by atoms with Gasteiger partial charge in [0.2, 0.25) is 0 Å². The van der Waals surface area contributed by atoms with Crippen molar-refractivity contribution in [1.82, 2.24) is 20.5 Å². The fourth-order valence-electron chi connectivity index (χ4n) is 2.94. The Kier molecular flexibility index (Phi) is 7.68. The molecule has 23 heavy (non-hydrogen) atoms. The van der Waals surface area contributed by atoms with Crippen molar-refractivity contribution in [3.05, 3.63) is 30.1 Å². The normalized spacial score (nSPS) is 17.7. The van der Waals surface area contributed by atoms with Gasteiger partial charge in [-0.2, -0.15) is 11.8 Å². The number of nitrogens with one attached hydrogen (secondary N) is 2. The summed E-state index contributed by atoms with van der Waals surface area (Å²) in [6.45, 7) is 5.02. The number of hydrogen-bond acceptors (Lipinski definition) is 4. The van der Waals surface area contributed by atoms with E-state index in [2.05, 4.69) is 45.8 Å². The molecule has 0 saturated carbocycles. The summed E-state index contributed by atoms with van der Waals surface area (Å²) < 4.78 is 0. The molecule has 128 valence electrons. The van der Waals surface area contributed by atoms with Crippen LogP contribution in [0.1, 0.15) is 37.8 Å². The van der Waals surface area contributed by atoms with E-state index in [1.165, 1.54) is 5.56 Å². The summed E-state index contributed by atoms with van der Waals surface area (Å²) in [5, 5.41) is 6.04. The number of hydrogen-bond donors (Lipinski definition) is 2. The Morgan fingerprint density at radius 1 is 1.39 bits per heavy atom. The number of pyridine rings is 1. The molecule has 2 amide bonds. The van der Waals surface area contributed by atoms with Gasteiger partial charge in [-0.05, 0) is 55.9 Å². The Hall–Kier alpha value is -1.27. The van der Waals surface area contributed by atoms with Gasteiger partial charge < -0.3 is 10.6 Å². The first-order chi connectivity index (χ1) is 11.2. The molecule has 1 atom stereocenters. The van der Waals surface area contributed by atoms with Crippen LogP contribution in [0.3, 0.4) is 0 Å². The van der Waals surface area contributed by atoms with Crippen LogP contribution in [-0.2, 0) is 0 Å². The van der Waals surface area contributed by atoms with Gasteiger partial charge in [0, 0.05) is 44.1 Å². The van der Waals surface area contributed by atoms with Crippen molar-refractivity contribution >= 4 is 17.8 Å². The van der Waals surface area contributed by atoms with E-state index in [-0.39, 0.29) is 12.1 Å². The van der Waals surface area contributed by atoms with Crippen molar-refractivity contribution < 1.29 is 4.79 Å². The van der Waals surface area contributed by atoms with E-state index in [1.54, 1.807) is 0 Å². The second-order valence-electron chi connectivity index (χ2n) is 6.01. The largest absolute Gasteiger partial charge is 0.338 e. The average molecular weight is 337 g/mol. The molecule has 1 aromatic heterocycles. The molecule has 0 aromatic carbocycles. The number of carbonyl (C=O) groups is 1. The first kappa shape index (κ1) is 18.1. The van der Waals surface area contributed by atoms with Gasteiger partial charge in [-0.3, -0.25) is 9.88 Å². The minimum Gasteiger partial charge on any atom is -0.338 e. The van der Waals surface area contributed by atoms with Crippen LogP contribution in [0.4, 0.5) is 4.79 Å². The minimum absolute atomic E-state index is 0.0215. The van der Waals surface area contributed by atoms with Gasteiger partial charge in [-0.25, -0.2) is 4.79 Å². The van der Waals surface area contributed by atoms with Crippen molar-refractivity contribution in [1.29, 1.82) is 0 Å². The molecule has 0 spiro atoms. The lowest BCUT2D eigenvalue weighted by molar-refractivity contribution is 0.153. The summed E-state index contributed by atoms with van der Waals surface area (Å²) in [6, 6.07) is 4.83. The van der Waals surface area contributed by atoms with E-state index in [4.69, 9.17) is 0 Å². The zero-order valence-electron chi connectivity index (χ0n) is 14.1. The smallest absolute Gasteiger partial charge is 0.315 e. The standard InChI is InChI=1S/C17H28N4OS/c1-14(15-4-9-18-10-5-15)21-11-6-16(7-12-21)20-17(22)19-8-3-13-23-2/h4-5,9-10,14,16H,3,6-8,11-13H2,1-2H3,(H2,19,20,22)/t14-/m0/s1. The topological polar surface area (TPSA) is 57.3 Å². The molecule has 0 unspecified atom stereocenters. The summed E-state index contributed by atoms with van der Waals surface area (Å²) in [4.78, 5) is 18.4. The van der Waals surface area contributed by atoms with E-state index in [9.17, 15) is 4.79 Å². The minimum atomic E-state index is -0.0215. The zero-order valence-corrected chi connectivity index (χ0v) is 14.9. The molecule has 6 heteroatoms. The highest BCUT2D eigenvalue weighted by atomic mass is 32.2. The van der Waals surface area contributed by atoms with E-state index in [0.717, 1.165) is 44.6 Å². The fourth-order valence-corrected chi connectivity index (χ4v) is 3.37. The molecule has 1 fully saturated rings. The summed E-state index contributed by atoms with van der Waals surface area (Å²) in [7, 11) is 0. The van der Waals surface area contributed by atoms with E-state index < -0.39 is 0 Å². The van der Waals surface area contributed by atoms with Crippen molar-refractivity contribution in [2.75, 3.05) is 31.6 Å². The molecule has 1 aliphatic rings. The molecule has 2 heterocycles. The van der Waals surface area contributed by atoms with E-state index in [1.807, 2.05) is 24.2 Å². The molecule has 2 rings (SSSR count). The zero-order chi connectivity index (χ0) is 16.5. The lowest BCUT2D eigenvalue weighted by atomic mass is 10.0. The van der Waals surface area contributed by atoms with Crippen molar-refractivity contribution in [3.8, 4) is 0 Å². The van der Waals surface area contributed by atoms with E-state index >= 15 is 0 Å². The SMILES string of the molecule is CSCCCNC(=O)NC1CCN([C@@H](C)c2ccncc2)CC1. The molecule has 1 aliphatic heterocycles. The Morgan fingerprint density at radius 3 is 2.74 bits per heavy atom. The van der Waals surface area contributed by atoms with Crippen molar-refractivity contribution in [2.24, 2.45) is 0 Å². The van der Waals surface area contributed by atoms with Gasteiger partial charge in [0.05, 0.1) is 0 Å². The Balaban J connectivity index is 1.68. The predicted octanol–water partition coefficient (Wildman–Crippen LogP) is 2.66. The van der Waals surface area contributed by atoms with E-state index in [0.29, 0.717) is 6.04 Å². The van der Waals surface area contributed by atoms with Crippen LogP contribution in [0.15, 0.2) is 24.5 Å².